The SMILES string of the molecule is N#CC(=CC1CC(Br)CCC1O)C1CCC([N+](=O)[O-])CC1. The summed E-state index contributed by atoms with van der Waals surface area (Å²) in [7, 11) is 0. The maximum atomic E-state index is 10.8. The lowest BCUT2D eigenvalue weighted by Gasteiger charge is -2.30. The lowest BCUT2D eigenvalue weighted by Crippen LogP contribution is -2.29. The zero-order valence-corrected chi connectivity index (χ0v) is 13.5. The van der Waals surface area contributed by atoms with E-state index in [-0.39, 0.29) is 22.9 Å². The van der Waals surface area contributed by atoms with Gasteiger partial charge in [-0.2, -0.15) is 5.26 Å². The van der Waals surface area contributed by atoms with E-state index in [1.807, 2.05) is 6.08 Å². The third kappa shape index (κ3) is 4.27. The largest absolute Gasteiger partial charge is 0.393 e. The van der Waals surface area contributed by atoms with Gasteiger partial charge in [0.05, 0.1) is 12.2 Å². The molecule has 0 radical (unpaired) electrons. The molecule has 0 aromatic rings. The average Bonchev–Trinajstić information content (AvgIpc) is 2.48. The Morgan fingerprint density at radius 1 is 1.29 bits per heavy atom. The van der Waals surface area contributed by atoms with Crippen LogP contribution in [-0.2, 0) is 0 Å². The summed E-state index contributed by atoms with van der Waals surface area (Å²) in [6.07, 6.45) is 6.60. The number of halogens is 1. The van der Waals surface area contributed by atoms with Crippen molar-refractivity contribution in [3.8, 4) is 6.07 Å². The fraction of sp³-hybridized carbons (Fsp3) is 0.800. The summed E-state index contributed by atoms with van der Waals surface area (Å²) in [4.78, 5) is 11.0. The molecule has 2 aliphatic carbocycles. The van der Waals surface area contributed by atoms with Crippen LogP contribution in [0.1, 0.15) is 44.9 Å². The number of nitriles is 1. The van der Waals surface area contributed by atoms with Gasteiger partial charge in [-0.25, -0.2) is 0 Å². The molecule has 2 rings (SSSR count). The molecule has 2 fully saturated rings. The van der Waals surface area contributed by atoms with Crippen LogP contribution in [0.2, 0.25) is 0 Å². The van der Waals surface area contributed by atoms with Crippen LogP contribution in [0.15, 0.2) is 11.6 Å². The number of aliphatic hydroxyl groups excluding tert-OH is 1. The highest BCUT2D eigenvalue weighted by Gasteiger charge is 2.32. The van der Waals surface area contributed by atoms with Gasteiger partial charge < -0.3 is 5.11 Å². The van der Waals surface area contributed by atoms with Gasteiger partial charge in [-0.15, -0.1) is 0 Å². The molecule has 0 saturated heterocycles. The molecule has 0 aliphatic heterocycles. The molecule has 3 unspecified atom stereocenters. The van der Waals surface area contributed by atoms with Crippen molar-refractivity contribution < 1.29 is 10.0 Å². The second kappa shape index (κ2) is 7.37. The van der Waals surface area contributed by atoms with Crippen molar-refractivity contribution in [3.63, 3.8) is 0 Å². The van der Waals surface area contributed by atoms with Gasteiger partial charge >= 0.3 is 0 Å². The number of nitro groups is 1. The van der Waals surface area contributed by atoms with E-state index in [9.17, 15) is 20.5 Å². The van der Waals surface area contributed by atoms with E-state index in [2.05, 4.69) is 22.0 Å². The Labute approximate surface area is 133 Å². The maximum absolute atomic E-state index is 10.8. The molecule has 0 aromatic carbocycles. The van der Waals surface area contributed by atoms with E-state index >= 15 is 0 Å². The normalized spacial score (nSPS) is 37.8. The highest BCUT2D eigenvalue weighted by Crippen LogP contribution is 2.35. The summed E-state index contributed by atoms with van der Waals surface area (Å²) in [6.45, 7) is 0. The fourth-order valence-electron chi connectivity index (χ4n) is 3.41. The minimum Gasteiger partial charge on any atom is -0.393 e. The minimum atomic E-state index is -0.451. The third-order valence-corrected chi connectivity index (χ3v) is 5.59. The first-order valence-electron chi connectivity index (χ1n) is 7.58. The summed E-state index contributed by atoms with van der Waals surface area (Å²) < 4.78 is 0. The number of allylic oxidation sites excluding steroid dienone is 1. The second-order valence-electron chi connectivity index (χ2n) is 6.17. The Morgan fingerprint density at radius 3 is 2.52 bits per heavy atom. The number of nitrogens with zero attached hydrogens (tertiary/aromatic N) is 2. The first-order valence-corrected chi connectivity index (χ1v) is 8.50. The van der Waals surface area contributed by atoms with Crippen LogP contribution in [0.4, 0.5) is 0 Å². The zero-order chi connectivity index (χ0) is 15.4. The first-order chi connectivity index (χ1) is 10.0. The van der Waals surface area contributed by atoms with Gasteiger partial charge in [-0.05, 0) is 38.0 Å². The van der Waals surface area contributed by atoms with Gasteiger partial charge in [0.15, 0.2) is 0 Å². The predicted molar refractivity (Wildman–Crippen MR) is 82.5 cm³/mol. The van der Waals surface area contributed by atoms with Gasteiger partial charge in [0.1, 0.15) is 0 Å². The number of hydrogen-bond donors (Lipinski definition) is 1. The Balaban J connectivity index is 2.01. The predicted octanol–water partition coefficient (Wildman–Crippen LogP) is 3.20. The summed E-state index contributed by atoms with van der Waals surface area (Å²) >= 11 is 3.59. The molecule has 6 heteroatoms. The highest BCUT2D eigenvalue weighted by molar-refractivity contribution is 9.09. The van der Waals surface area contributed by atoms with Crippen LogP contribution in [0.5, 0.6) is 0 Å². The van der Waals surface area contributed by atoms with E-state index in [4.69, 9.17) is 0 Å². The third-order valence-electron chi connectivity index (χ3n) is 4.76. The van der Waals surface area contributed by atoms with E-state index in [1.165, 1.54) is 0 Å². The van der Waals surface area contributed by atoms with E-state index in [0.717, 1.165) is 19.3 Å². The summed E-state index contributed by atoms with van der Waals surface area (Å²) in [6, 6.07) is 1.81. The molecule has 2 aliphatic rings. The lowest BCUT2D eigenvalue weighted by molar-refractivity contribution is -0.526. The molecule has 0 bridgehead atoms. The molecule has 0 aromatic heterocycles. The summed E-state index contributed by atoms with van der Waals surface area (Å²) in [5.41, 5.74) is 0.711. The molecular weight excluding hydrogens is 336 g/mol. The topological polar surface area (TPSA) is 87.2 Å². The highest BCUT2D eigenvalue weighted by atomic mass is 79.9. The standard InChI is InChI=1S/C15H21BrN2O3/c16-13-3-6-15(19)11(8-13)7-12(9-17)10-1-4-14(5-2-10)18(20)21/h7,10-11,13-15,19H,1-6,8H2. The van der Waals surface area contributed by atoms with Crippen molar-refractivity contribution in [2.24, 2.45) is 11.8 Å². The Bertz CT molecular complexity index is 452. The van der Waals surface area contributed by atoms with Crippen LogP contribution in [0.25, 0.3) is 0 Å². The first kappa shape index (κ1) is 16.4. The van der Waals surface area contributed by atoms with Crippen molar-refractivity contribution in [1.29, 1.82) is 5.26 Å². The average molecular weight is 357 g/mol. The zero-order valence-electron chi connectivity index (χ0n) is 11.9. The molecule has 2 saturated carbocycles. The summed E-state index contributed by atoms with van der Waals surface area (Å²) in [5.74, 6) is 0.139. The van der Waals surface area contributed by atoms with Crippen molar-refractivity contribution in [2.45, 2.75) is 61.9 Å². The van der Waals surface area contributed by atoms with Crippen LogP contribution in [0.3, 0.4) is 0 Å². The van der Waals surface area contributed by atoms with Crippen molar-refractivity contribution in [2.75, 3.05) is 0 Å². The van der Waals surface area contributed by atoms with Gasteiger partial charge in [0.25, 0.3) is 0 Å². The Morgan fingerprint density at radius 2 is 1.95 bits per heavy atom. The molecule has 0 spiro atoms. The van der Waals surface area contributed by atoms with Crippen LogP contribution in [-0.4, -0.2) is 27.0 Å². The van der Waals surface area contributed by atoms with Gasteiger partial charge in [-0.3, -0.25) is 10.1 Å². The minimum absolute atomic E-state index is 0.0195. The number of aliphatic hydroxyl groups is 1. The number of alkyl halides is 1. The molecule has 21 heavy (non-hydrogen) atoms. The van der Waals surface area contributed by atoms with E-state index in [1.54, 1.807) is 0 Å². The number of hydrogen-bond acceptors (Lipinski definition) is 4. The summed E-state index contributed by atoms with van der Waals surface area (Å²) in [5, 5.41) is 30.3. The molecular formula is C15H21BrN2O3. The Hall–Kier alpha value is -0.930. The molecule has 3 atom stereocenters. The smallest absolute Gasteiger partial charge is 0.213 e. The van der Waals surface area contributed by atoms with E-state index < -0.39 is 6.04 Å². The fourth-order valence-corrected chi connectivity index (χ4v) is 4.10. The molecule has 0 amide bonds. The quantitative estimate of drug-likeness (QED) is 0.364. The van der Waals surface area contributed by atoms with Gasteiger partial charge in [-0.1, -0.05) is 22.0 Å². The van der Waals surface area contributed by atoms with Crippen LogP contribution >= 0.6 is 15.9 Å². The molecule has 116 valence electrons. The van der Waals surface area contributed by atoms with Crippen molar-refractivity contribution in [3.05, 3.63) is 21.8 Å². The maximum Gasteiger partial charge on any atom is 0.213 e. The van der Waals surface area contributed by atoms with Crippen LogP contribution < -0.4 is 0 Å². The number of rotatable bonds is 3. The second-order valence-corrected chi connectivity index (χ2v) is 7.46. The van der Waals surface area contributed by atoms with E-state index in [0.29, 0.717) is 36.1 Å². The van der Waals surface area contributed by atoms with Crippen molar-refractivity contribution in [1.82, 2.24) is 0 Å². The molecule has 0 heterocycles. The molecule has 5 nitrogen and oxygen atoms in total. The van der Waals surface area contributed by atoms with Gasteiger partial charge in [0.2, 0.25) is 6.04 Å². The molecule has 1 N–H and O–H groups in total. The van der Waals surface area contributed by atoms with Crippen molar-refractivity contribution >= 4 is 15.9 Å². The monoisotopic (exact) mass is 356 g/mol. The Kier molecular flexibility index (Phi) is 5.77. The van der Waals surface area contributed by atoms with Gasteiger partial charge in [0, 0.05) is 34.1 Å². The van der Waals surface area contributed by atoms with Crippen LogP contribution in [0, 0.1) is 33.3 Å². The lowest BCUT2D eigenvalue weighted by atomic mass is 9.78.